The molecule has 0 aliphatic carbocycles. The molecule has 1 fully saturated rings. The number of piperidine rings is 1. The molecule has 2 rings (SSSR count). The van der Waals surface area contributed by atoms with E-state index in [1.165, 1.54) is 0 Å². The van der Waals surface area contributed by atoms with Gasteiger partial charge in [0.1, 0.15) is 0 Å². The smallest absolute Gasteiger partial charge is 0.253 e. The van der Waals surface area contributed by atoms with Crippen molar-refractivity contribution < 1.29 is 9.59 Å². The van der Waals surface area contributed by atoms with Gasteiger partial charge < -0.3 is 10.2 Å². The third kappa shape index (κ3) is 4.23. The molecule has 1 aromatic rings. The minimum absolute atomic E-state index is 0.00287. The predicted octanol–water partition coefficient (Wildman–Crippen LogP) is 3.11. The van der Waals surface area contributed by atoms with E-state index in [2.05, 4.69) is 5.32 Å². The Labute approximate surface area is 136 Å². The van der Waals surface area contributed by atoms with Crippen LogP contribution in [0.25, 0.3) is 0 Å². The lowest BCUT2D eigenvalue weighted by molar-refractivity contribution is -0.129. The molecule has 0 aromatic heterocycles. The van der Waals surface area contributed by atoms with E-state index in [1.54, 1.807) is 24.3 Å². The summed E-state index contributed by atoms with van der Waals surface area (Å²) in [5, 5.41) is 3.64. The van der Waals surface area contributed by atoms with Crippen molar-refractivity contribution in [3.63, 3.8) is 0 Å². The average Bonchev–Trinajstić information content (AvgIpc) is 2.46. The van der Waals surface area contributed by atoms with Crippen LogP contribution in [0, 0.1) is 5.41 Å². The van der Waals surface area contributed by atoms with Gasteiger partial charge in [0.05, 0.1) is 0 Å². The maximum absolute atomic E-state index is 12.4. The van der Waals surface area contributed by atoms with Gasteiger partial charge in [-0.15, -0.1) is 0 Å². The van der Waals surface area contributed by atoms with Gasteiger partial charge in [-0.1, -0.05) is 38.4 Å². The molecule has 0 radical (unpaired) electrons. The van der Waals surface area contributed by atoms with Crippen LogP contribution in [0.2, 0.25) is 5.02 Å². The zero-order chi connectivity index (χ0) is 16.3. The zero-order valence-electron chi connectivity index (χ0n) is 13.4. The summed E-state index contributed by atoms with van der Waals surface area (Å²) in [6.07, 6.45) is 1.57. The average molecular weight is 323 g/mol. The molecule has 0 unspecified atom stereocenters. The summed E-state index contributed by atoms with van der Waals surface area (Å²) < 4.78 is 0. The first-order chi connectivity index (χ1) is 10.3. The lowest BCUT2D eigenvalue weighted by Crippen LogP contribution is -2.49. The Morgan fingerprint density at radius 2 is 1.86 bits per heavy atom. The molecule has 4 nitrogen and oxygen atoms in total. The molecule has 1 aliphatic rings. The van der Waals surface area contributed by atoms with Crippen molar-refractivity contribution in [1.29, 1.82) is 0 Å². The first-order valence-electron chi connectivity index (χ1n) is 7.63. The highest BCUT2D eigenvalue weighted by molar-refractivity contribution is 6.30. The summed E-state index contributed by atoms with van der Waals surface area (Å²) in [5.74, 6) is 0.0650. The molecule has 0 bridgehead atoms. The fourth-order valence-corrected chi connectivity index (χ4v) is 2.62. The molecule has 120 valence electrons. The Hall–Kier alpha value is -1.55. The van der Waals surface area contributed by atoms with Crippen molar-refractivity contribution in [3.8, 4) is 0 Å². The van der Waals surface area contributed by atoms with Crippen LogP contribution in [-0.4, -0.2) is 35.8 Å². The fourth-order valence-electron chi connectivity index (χ4n) is 2.43. The van der Waals surface area contributed by atoms with Crippen LogP contribution < -0.4 is 5.32 Å². The normalized spacial score (nSPS) is 16.5. The number of likely N-dealkylation sites (tertiary alicyclic amines) is 1. The molecule has 1 aromatic carbocycles. The minimum Gasteiger partial charge on any atom is -0.353 e. The Bertz CT molecular complexity index is 558. The molecule has 0 spiro atoms. The summed E-state index contributed by atoms with van der Waals surface area (Å²) in [6.45, 7) is 7.02. The van der Waals surface area contributed by atoms with Crippen LogP contribution in [0.3, 0.4) is 0 Å². The Morgan fingerprint density at radius 3 is 2.41 bits per heavy atom. The summed E-state index contributed by atoms with van der Waals surface area (Å²) in [7, 11) is 0. The van der Waals surface area contributed by atoms with Crippen molar-refractivity contribution in [3.05, 3.63) is 34.9 Å². The van der Waals surface area contributed by atoms with Gasteiger partial charge in [-0.3, -0.25) is 9.59 Å². The van der Waals surface area contributed by atoms with E-state index < -0.39 is 0 Å². The van der Waals surface area contributed by atoms with Crippen molar-refractivity contribution in [2.75, 3.05) is 13.1 Å². The number of nitrogens with one attached hydrogen (secondary N) is 1. The fraction of sp³-hybridized carbons (Fsp3) is 0.529. The van der Waals surface area contributed by atoms with E-state index in [4.69, 9.17) is 11.6 Å². The Morgan fingerprint density at radius 1 is 1.23 bits per heavy atom. The highest BCUT2D eigenvalue weighted by Gasteiger charge is 2.28. The first-order valence-corrected chi connectivity index (χ1v) is 8.01. The molecular weight excluding hydrogens is 300 g/mol. The van der Waals surface area contributed by atoms with Gasteiger partial charge in [0.15, 0.2) is 0 Å². The van der Waals surface area contributed by atoms with Crippen molar-refractivity contribution in [2.45, 2.75) is 39.7 Å². The van der Waals surface area contributed by atoms with Crippen LogP contribution in [0.5, 0.6) is 0 Å². The van der Waals surface area contributed by atoms with Crippen molar-refractivity contribution >= 4 is 23.4 Å². The van der Waals surface area contributed by atoms with Crippen LogP contribution in [0.4, 0.5) is 0 Å². The molecule has 22 heavy (non-hydrogen) atoms. The zero-order valence-corrected chi connectivity index (χ0v) is 14.1. The molecule has 0 saturated carbocycles. The Kier molecular flexibility index (Phi) is 5.12. The second-order valence-corrected chi connectivity index (χ2v) is 7.24. The predicted molar refractivity (Wildman–Crippen MR) is 88.0 cm³/mol. The van der Waals surface area contributed by atoms with Crippen molar-refractivity contribution in [1.82, 2.24) is 10.2 Å². The third-order valence-electron chi connectivity index (χ3n) is 3.87. The number of hydrogen-bond donors (Lipinski definition) is 1. The summed E-state index contributed by atoms with van der Waals surface area (Å²) >= 11 is 5.93. The minimum atomic E-state index is -0.381. The largest absolute Gasteiger partial charge is 0.353 e. The second kappa shape index (κ2) is 6.69. The molecule has 1 saturated heterocycles. The van der Waals surface area contributed by atoms with Gasteiger partial charge >= 0.3 is 0 Å². The molecule has 1 heterocycles. The SMILES string of the molecule is CC(C)(C)C(=O)NC1CCN(C(=O)c2cccc(Cl)c2)CC1. The monoisotopic (exact) mass is 322 g/mol. The number of rotatable bonds is 2. The van der Waals surface area contributed by atoms with Gasteiger partial charge in [-0.2, -0.15) is 0 Å². The number of hydrogen-bond acceptors (Lipinski definition) is 2. The third-order valence-corrected chi connectivity index (χ3v) is 4.11. The highest BCUT2D eigenvalue weighted by atomic mass is 35.5. The summed E-state index contributed by atoms with van der Waals surface area (Å²) in [5.41, 5.74) is 0.234. The van der Waals surface area contributed by atoms with Crippen LogP contribution in [0.15, 0.2) is 24.3 Å². The number of nitrogens with zero attached hydrogens (tertiary/aromatic N) is 1. The number of carbonyl (C=O) groups excluding carboxylic acids is 2. The molecule has 2 amide bonds. The van der Waals surface area contributed by atoms with E-state index in [9.17, 15) is 9.59 Å². The van der Waals surface area contributed by atoms with E-state index in [0.29, 0.717) is 23.7 Å². The van der Waals surface area contributed by atoms with Crippen molar-refractivity contribution in [2.24, 2.45) is 5.41 Å². The molecule has 1 aliphatic heterocycles. The first kappa shape index (κ1) is 16.8. The topological polar surface area (TPSA) is 49.4 Å². The molecule has 0 atom stereocenters. The highest BCUT2D eigenvalue weighted by Crippen LogP contribution is 2.19. The van der Waals surface area contributed by atoms with Gasteiger partial charge in [0.2, 0.25) is 5.91 Å². The van der Waals surface area contributed by atoms with Gasteiger partial charge in [-0.05, 0) is 31.0 Å². The number of amides is 2. The van der Waals surface area contributed by atoms with Gasteiger partial charge in [-0.25, -0.2) is 0 Å². The Balaban J connectivity index is 1.89. The number of benzene rings is 1. The number of halogens is 1. The number of carbonyl (C=O) groups is 2. The van der Waals surface area contributed by atoms with Crippen LogP contribution in [-0.2, 0) is 4.79 Å². The summed E-state index contributed by atoms with van der Waals surface area (Å²) in [6, 6.07) is 7.16. The van der Waals surface area contributed by atoms with Crippen LogP contribution in [0.1, 0.15) is 44.0 Å². The quantitative estimate of drug-likeness (QED) is 0.909. The van der Waals surface area contributed by atoms with E-state index in [0.717, 1.165) is 12.8 Å². The van der Waals surface area contributed by atoms with Gasteiger partial charge in [0.25, 0.3) is 5.91 Å². The van der Waals surface area contributed by atoms with Gasteiger partial charge in [0, 0.05) is 35.1 Å². The molecular formula is C17H23ClN2O2. The van der Waals surface area contributed by atoms with E-state index in [-0.39, 0.29) is 23.3 Å². The lowest BCUT2D eigenvalue weighted by Gasteiger charge is -2.33. The maximum atomic E-state index is 12.4. The standard InChI is InChI=1S/C17H23ClN2O2/c1-17(2,3)16(22)19-14-7-9-20(10-8-14)15(21)12-5-4-6-13(18)11-12/h4-6,11,14H,7-10H2,1-3H3,(H,19,22). The second-order valence-electron chi connectivity index (χ2n) is 6.80. The lowest BCUT2D eigenvalue weighted by atomic mass is 9.94. The summed E-state index contributed by atoms with van der Waals surface area (Å²) in [4.78, 5) is 26.2. The molecule has 5 heteroatoms. The van der Waals surface area contributed by atoms with E-state index >= 15 is 0 Å². The van der Waals surface area contributed by atoms with E-state index in [1.807, 2.05) is 25.7 Å². The maximum Gasteiger partial charge on any atom is 0.253 e. The van der Waals surface area contributed by atoms with Crippen LogP contribution >= 0.6 is 11.6 Å². The molecule has 1 N–H and O–H groups in total.